The Labute approximate surface area is 208 Å². The van der Waals surface area contributed by atoms with Crippen LogP contribution in [0.1, 0.15) is 22.3 Å². The minimum Gasteiger partial charge on any atom is -0.314 e. The van der Waals surface area contributed by atoms with Gasteiger partial charge in [-0.15, -0.1) is 6.42 Å². The molecule has 0 aliphatic heterocycles. The number of halogens is 1. The number of fused-ring (bicyclic) bond motifs is 1. The molecule has 3 aromatic carbocycles. The van der Waals surface area contributed by atoms with E-state index >= 15 is 0 Å². The van der Waals surface area contributed by atoms with Crippen molar-refractivity contribution >= 4 is 22.5 Å². The lowest BCUT2D eigenvalue weighted by Crippen LogP contribution is -2.39. The van der Waals surface area contributed by atoms with E-state index in [1.54, 1.807) is 30.1 Å². The molecule has 0 aliphatic rings. The normalized spacial score (nSPS) is 12.7. The summed E-state index contributed by atoms with van der Waals surface area (Å²) in [7, 11) is 1.77. The molecule has 1 unspecified atom stereocenters. The predicted molar refractivity (Wildman–Crippen MR) is 142 cm³/mol. The van der Waals surface area contributed by atoms with Crippen LogP contribution >= 0.6 is 11.6 Å². The van der Waals surface area contributed by atoms with Crippen LogP contribution in [0.5, 0.6) is 0 Å². The number of nitrogens with two attached hydrogens (primary N) is 1. The highest BCUT2D eigenvalue weighted by Crippen LogP contribution is 2.37. The summed E-state index contributed by atoms with van der Waals surface area (Å²) >= 11 is 6.18. The minimum absolute atomic E-state index is 0.102. The van der Waals surface area contributed by atoms with Gasteiger partial charge in [-0.25, -0.2) is 0 Å². The van der Waals surface area contributed by atoms with Gasteiger partial charge in [0.25, 0.3) is 5.56 Å². The molecule has 0 aliphatic carbocycles. The van der Waals surface area contributed by atoms with Crippen molar-refractivity contribution in [3.05, 3.63) is 135 Å². The van der Waals surface area contributed by atoms with Crippen molar-refractivity contribution in [2.75, 3.05) is 0 Å². The highest BCUT2D eigenvalue weighted by molar-refractivity contribution is 6.30. The van der Waals surface area contributed by atoms with E-state index in [0.717, 1.165) is 44.3 Å². The smallest absolute Gasteiger partial charge is 0.251 e. The molecule has 2 N–H and O–H groups in total. The van der Waals surface area contributed by atoms with E-state index < -0.39 is 5.54 Å². The average Bonchev–Trinajstić information content (AvgIpc) is 2.91. The number of rotatable bonds is 4. The van der Waals surface area contributed by atoms with Gasteiger partial charge < -0.3 is 10.3 Å². The van der Waals surface area contributed by atoms with E-state index in [1.165, 1.54) is 0 Å². The quantitative estimate of drug-likeness (QED) is 0.350. The van der Waals surface area contributed by atoms with Gasteiger partial charge in [-0.1, -0.05) is 53.9 Å². The van der Waals surface area contributed by atoms with Crippen LogP contribution in [0.4, 0.5) is 0 Å². The lowest BCUT2D eigenvalue weighted by molar-refractivity contribution is 0.650. The molecule has 0 saturated heterocycles. The maximum Gasteiger partial charge on any atom is 0.251 e. The highest BCUT2D eigenvalue weighted by Gasteiger charge is 2.33. The second kappa shape index (κ2) is 8.88. The average molecular weight is 476 g/mol. The second-order valence-corrected chi connectivity index (χ2v) is 8.91. The Morgan fingerprint density at radius 3 is 2.43 bits per heavy atom. The van der Waals surface area contributed by atoms with Crippen LogP contribution in [-0.4, -0.2) is 9.55 Å². The summed E-state index contributed by atoms with van der Waals surface area (Å²) in [5.74, 6) is 2.67. The molecule has 5 rings (SSSR count). The van der Waals surface area contributed by atoms with Gasteiger partial charge in [-0.05, 0) is 70.3 Å². The summed E-state index contributed by atoms with van der Waals surface area (Å²) in [6.45, 7) is 0. The number of aryl methyl sites for hydroxylation is 1. The number of hydrogen-bond donors (Lipinski definition) is 1. The SMILES string of the molecule is C#Cc1cccc(-c2cc(=O)n(C)c3ccc(C(N)(c4ccc(Cl)cc4)c4cccnc4)cc23)c1. The van der Waals surface area contributed by atoms with E-state index in [1.807, 2.05) is 78.9 Å². The van der Waals surface area contributed by atoms with Crippen LogP contribution < -0.4 is 11.3 Å². The van der Waals surface area contributed by atoms with Crippen molar-refractivity contribution in [2.45, 2.75) is 5.54 Å². The van der Waals surface area contributed by atoms with Gasteiger partial charge in [0.05, 0.1) is 11.1 Å². The Morgan fingerprint density at radius 2 is 1.71 bits per heavy atom. The molecule has 2 aromatic heterocycles. The first-order chi connectivity index (χ1) is 16.9. The van der Waals surface area contributed by atoms with Crippen molar-refractivity contribution in [3.8, 4) is 23.5 Å². The molecule has 5 aromatic rings. The van der Waals surface area contributed by atoms with E-state index in [0.29, 0.717) is 5.02 Å². The van der Waals surface area contributed by atoms with Crippen LogP contribution in [0.2, 0.25) is 5.02 Å². The van der Waals surface area contributed by atoms with Crippen LogP contribution in [0.25, 0.3) is 22.0 Å². The first-order valence-electron chi connectivity index (χ1n) is 11.1. The summed E-state index contributed by atoms with van der Waals surface area (Å²) in [5.41, 5.74) is 11.9. The molecular formula is C30H22ClN3O. The van der Waals surface area contributed by atoms with Crippen molar-refractivity contribution in [1.29, 1.82) is 0 Å². The van der Waals surface area contributed by atoms with Crippen LogP contribution in [0.15, 0.2) is 102 Å². The molecule has 5 heteroatoms. The number of terminal acetylenes is 1. The molecule has 2 heterocycles. The van der Waals surface area contributed by atoms with Gasteiger partial charge in [-0.2, -0.15) is 0 Å². The van der Waals surface area contributed by atoms with Gasteiger partial charge in [0.2, 0.25) is 0 Å². The number of benzene rings is 3. The Bertz CT molecular complexity index is 1650. The van der Waals surface area contributed by atoms with Gasteiger partial charge in [-0.3, -0.25) is 9.78 Å². The molecule has 0 radical (unpaired) electrons. The molecule has 1 atom stereocenters. The van der Waals surface area contributed by atoms with Crippen LogP contribution in [0.3, 0.4) is 0 Å². The third-order valence-corrected chi connectivity index (χ3v) is 6.71. The lowest BCUT2D eigenvalue weighted by Gasteiger charge is -2.32. The summed E-state index contributed by atoms with van der Waals surface area (Å²) in [6, 6.07) is 26.6. The third kappa shape index (κ3) is 3.91. The van der Waals surface area contributed by atoms with Crippen molar-refractivity contribution in [1.82, 2.24) is 9.55 Å². The van der Waals surface area contributed by atoms with Gasteiger partial charge >= 0.3 is 0 Å². The molecule has 0 fully saturated rings. The van der Waals surface area contributed by atoms with Crippen LogP contribution in [-0.2, 0) is 12.6 Å². The zero-order chi connectivity index (χ0) is 24.6. The molecule has 0 spiro atoms. The number of aromatic nitrogens is 2. The maximum atomic E-state index is 12.8. The summed E-state index contributed by atoms with van der Waals surface area (Å²) < 4.78 is 1.64. The van der Waals surface area contributed by atoms with Gasteiger partial charge in [0.1, 0.15) is 0 Å². The predicted octanol–water partition coefficient (Wildman–Crippen LogP) is 5.49. The topological polar surface area (TPSA) is 60.9 Å². The van der Waals surface area contributed by atoms with Crippen molar-refractivity contribution in [2.24, 2.45) is 12.8 Å². The zero-order valence-electron chi connectivity index (χ0n) is 19.1. The molecule has 0 amide bonds. The fourth-order valence-corrected chi connectivity index (χ4v) is 4.66. The van der Waals surface area contributed by atoms with Crippen molar-refractivity contribution in [3.63, 3.8) is 0 Å². The fourth-order valence-electron chi connectivity index (χ4n) is 4.53. The molecule has 35 heavy (non-hydrogen) atoms. The molecule has 4 nitrogen and oxygen atoms in total. The van der Waals surface area contributed by atoms with Gasteiger partial charge in [0.15, 0.2) is 0 Å². The Morgan fingerprint density at radius 1 is 0.943 bits per heavy atom. The fraction of sp³-hybridized carbons (Fsp3) is 0.0667. The molecule has 0 saturated carbocycles. The number of hydrogen-bond acceptors (Lipinski definition) is 3. The third-order valence-electron chi connectivity index (χ3n) is 6.46. The monoisotopic (exact) mass is 475 g/mol. The van der Waals surface area contributed by atoms with E-state index in [-0.39, 0.29) is 5.56 Å². The Kier molecular flexibility index (Phi) is 5.74. The number of nitrogens with zero attached hydrogens (tertiary/aromatic N) is 2. The molecule has 170 valence electrons. The maximum absolute atomic E-state index is 12.8. The summed E-state index contributed by atoms with van der Waals surface area (Å²) in [6.07, 6.45) is 9.13. The molecular weight excluding hydrogens is 454 g/mol. The first kappa shape index (κ1) is 22.6. The lowest BCUT2D eigenvalue weighted by atomic mass is 9.78. The van der Waals surface area contributed by atoms with Gasteiger partial charge in [0, 0.05) is 41.5 Å². The minimum atomic E-state index is -1.00. The first-order valence-corrected chi connectivity index (χ1v) is 11.5. The highest BCUT2D eigenvalue weighted by atomic mass is 35.5. The standard InChI is InChI=1S/C30H22ClN3O/c1-3-20-6-4-7-21(16-20)26-18-29(35)34(2)28-14-11-23(17-27(26)28)30(32,24-8-5-15-33-19-24)22-9-12-25(31)13-10-22/h1,4-19H,32H2,2H3. The second-order valence-electron chi connectivity index (χ2n) is 8.47. The largest absolute Gasteiger partial charge is 0.314 e. The molecule has 0 bridgehead atoms. The Balaban J connectivity index is 1.83. The van der Waals surface area contributed by atoms with E-state index in [9.17, 15) is 4.79 Å². The summed E-state index contributed by atoms with van der Waals surface area (Å²) in [4.78, 5) is 17.1. The summed E-state index contributed by atoms with van der Waals surface area (Å²) in [5, 5.41) is 1.53. The van der Waals surface area contributed by atoms with Crippen LogP contribution in [0, 0.1) is 12.3 Å². The van der Waals surface area contributed by atoms with E-state index in [2.05, 4.69) is 10.9 Å². The number of pyridine rings is 2. The Hall–Kier alpha value is -4.17. The van der Waals surface area contributed by atoms with Crippen molar-refractivity contribution < 1.29 is 0 Å². The van der Waals surface area contributed by atoms with E-state index in [4.69, 9.17) is 23.8 Å². The zero-order valence-corrected chi connectivity index (χ0v) is 19.8.